The standard InChI is InChI=1S/C16H10Cl2N2O3/c17-11-6-9(7-12(18)15(11)22)20-16(23)10-4-3-8-2-1-5-19-13(8)14(10)21/h1-7,21-22H,(H,20,23). The fourth-order valence-electron chi connectivity index (χ4n) is 2.15. The van der Waals surface area contributed by atoms with E-state index in [1.165, 1.54) is 24.4 Å². The number of benzene rings is 2. The number of phenolic OH excluding ortho intramolecular Hbond substituents is 2. The van der Waals surface area contributed by atoms with Crippen LogP contribution in [0.15, 0.2) is 42.6 Å². The fourth-order valence-corrected chi connectivity index (χ4v) is 2.64. The average molecular weight is 349 g/mol. The van der Waals surface area contributed by atoms with E-state index in [0.29, 0.717) is 11.2 Å². The Balaban J connectivity index is 1.97. The van der Waals surface area contributed by atoms with Gasteiger partial charge in [0, 0.05) is 17.3 Å². The molecular formula is C16H10Cl2N2O3. The first kappa shape index (κ1) is 15.4. The topological polar surface area (TPSA) is 82.5 Å². The van der Waals surface area contributed by atoms with Gasteiger partial charge in [-0.25, -0.2) is 0 Å². The Morgan fingerprint density at radius 3 is 2.43 bits per heavy atom. The first-order chi connectivity index (χ1) is 11.0. The third-order valence-corrected chi connectivity index (χ3v) is 3.84. The van der Waals surface area contributed by atoms with E-state index in [1.807, 2.05) is 0 Å². The second kappa shape index (κ2) is 5.95. The van der Waals surface area contributed by atoms with Crippen molar-refractivity contribution in [2.24, 2.45) is 0 Å². The third kappa shape index (κ3) is 2.88. The number of phenols is 2. The molecule has 3 aromatic rings. The average Bonchev–Trinajstić information content (AvgIpc) is 2.53. The molecule has 23 heavy (non-hydrogen) atoms. The summed E-state index contributed by atoms with van der Waals surface area (Å²) in [6.45, 7) is 0. The number of hydrogen-bond acceptors (Lipinski definition) is 4. The van der Waals surface area contributed by atoms with Gasteiger partial charge in [-0.1, -0.05) is 35.3 Å². The highest BCUT2D eigenvalue weighted by atomic mass is 35.5. The minimum atomic E-state index is -0.548. The highest BCUT2D eigenvalue weighted by Crippen LogP contribution is 2.35. The largest absolute Gasteiger partial charge is 0.505 e. The summed E-state index contributed by atoms with van der Waals surface area (Å²) in [6, 6.07) is 9.42. The quantitative estimate of drug-likeness (QED) is 0.606. The van der Waals surface area contributed by atoms with Crippen LogP contribution in [0.2, 0.25) is 10.0 Å². The van der Waals surface area contributed by atoms with E-state index in [0.717, 1.165) is 5.39 Å². The Morgan fingerprint density at radius 1 is 1.04 bits per heavy atom. The molecule has 0 aliphatic rings. The van der Waals surface area contributed by atoms with E-state index in [4.69, 9.17) is 23.2 Å². The monoisotopic (exact) mass is 348 g/mol. The van der Waals surface area contributed by atoms with E-state index >= 15 is 0 Å². The van der Waals surface area contributed by atoms with Crippen molar-refractivity contribution in [2.45, 2.75) is 0 Å². The van der Waals surface area contributed by atoms with Crippen LogP contribution in [-0.4, -0.2) is 21.1 Å². The van der Waals surface area contributed by atoms with Crippen molar-refractivity contribution in [2.75, 3.05) is 5.32 Å². The van der Waals surface area contributed by atoms with Crippen LogP contribution >= 0.6 is 23.2 Å². The Kier molecular flexibility index (Phi) is 3.98. The maximum Gasteiger partial charge on any atom is 0.259 e. The van der Waals surface area contributed by atoms with Crippen molar-refractivity contribution in [3.8, 4) is 11.5 Å². The van der Waals surface area contributed by atoms with Crippen LogP contribution in [-0.2, 0) is 0 Å². The number of halogens is 2. The molecule has 0 aliphatic heterocycles. The number of aromatic nitrogens is 1. The molecule has 3 rings (SSSR count). The van der Waals surface area contributed by atoms with Gasteiger partial charge in [0.05, 0.1) is 15.6 Å². The summed E-state index contributed by atoms with van der Waals surface area (Å²) in [4.78, 5) is 16.4. The molecule has 0 atom stereocenters. The van der Waals surface area contributed by atoms with Crippen molar-refractivity contribution in [1.29, 1.82) is 0 Å². The normalized spacial score (nSPS) is 10.7. The number of carbonyl (C=O) groups is 1. The predicted molar refractivity (Wildman–Crippen MR) is 89.5 cm³/mol. The van der Waals surface area contributed by atoms with E-state index < -0.39 is 5.91 Å². The predicted octanol–water partition coefficient (Wildman–Crippen LogP) is 4.21. The second-order valence-corrected chi connectivity index (χ2v) is 5.59. The zero-order valence-electron chi connectivity index (χ0n) is 11.5. The van der Waals surface area contributed by atoms with Crippen molar-refractivity contribution in [1.82, 2.24) is 4.98 Å². The number of carbonyl (C=O) groups excluding carboxylic acids is 1. The Labute approximate surface area is 141 Å². The van der Waals surface area contributed by atoms with Crippen molar-refractivity contribution in [3.63, 3.8) is 0 Å². The van der Waals surface area contributed by atoms with Crippen molar-refractivity contribution >= 4 is 45.7 Å². The van der Waals surface area contributed by atoms with Crippen molar-refractivity contribution in [3.05, 3.63) is 58.2 Å². The van der Waals surface area contributed by atoms with E-state index in [2.05, 4.69) is 10.3 Å². The lowest BCUT2D eigenvalue weighted by Crippen LogP contribution is -2.12. The number of aromatic hydroxyl groups is 2. The number of rotatable bonds is 2. The van der Waals surface area contributed by atoms with Crippen LogP contribution in [0.4, 0.5) is 5.69 Å². The summed E-state index contributed by atoms with van der Waals surface area (Å²) in [5, 5.41) is 23.1. The molecule has 1 heterocycles. The molecule has 0 radical (unpaired) electrons. The summed E-state index contributed by atoms with van der Waals surface area (Å²) in [5.74, 6) is -1.02. The molecule has 5 nitrogen and oxygen atoms in total. The second-order valence-electron chi connectivity index (χ2n) is 4.78. The Morgan fingerprint density at radius 2 is 1.74 bits per heavy atom. The molecular weight excluding hydrogens is 339 g/mol. The van der Waals surface area contributed by atoms with Gasteiger partial charge in [0.15, 0.2) is 11.5 Å². The van der Waals surface area contributed by atoms with E-state index in [1.54, 1.807) is 18.2 Å². The van der Waals surface area contributed by atoms with Gasteiger partial charge in [-0.2, -0.15) is 0 Å². The van der Waals surface area contributed by atoms with Gasteiger partial charge >= 0.3 is 0 Å². The summed E-state index contributed by atoms with van der Waals surface area (Å²) >= 11 is 11.6. The molecule has 116 valence electrons. The first-order valence-electron chi connectivity index (χ1n) is 6.53. The SMILES string of the molecule is O=C(Nc1cc(Cl)c(O)c(Cl)c1)c1ccc2cccnc2c1O. The highest BCUT2D eigenvalue weighted by molar-refractivity contribution is 6.37. The van der Waals surface area contributed by atoms with Crippen molar-refractivity contribution < 1.29 is 15.0 Å². The number of pyridine rings is 1. The molecule has 0 saturated heterocycles. The lowest BCUT2D eigenvalue weighted by atomic mass is 10.1. The van der Waals surface area contributed by atoms with Gasteiger partial charge in [0.1, 0.15) is 5.52 Å². The summed E-state index contributed by atoms with van der Waals surface area (Å²) < 4.78 is 0. The molecule has 3 N–H and O–H groups in total. The zero-order valence-corrected chi connectivity index (χ0v) is 13.1. The number of nitrogens with one attached hydrogen (secondary N) is 1. The smallest absolute Gasteiger partial charge is 0.259 e. The van der Waals surface area contributed by atoms with Gasteiger partial charge in [-0.05, 0) is 24.3 Å². The molecule has 2 aromatic carbocycles. The molecule has 0 spiro atoms. The van der Waals surface area contributed by atoms with Crippen LogP contribution in [0.5, 0.6) is 11.5 Å². The van der Waals surface area contributed by atoms with E-state index in [9.17, 15) is 15.0 Å². The summed E-state index contributed by atoms with van der Waals surface area (Å²) in [7, 11) is 0. The summed E-state index contributed by atoms with van der Waals surface area (Å²) in [6.07, 6.45) is 1.53. The maximum absolute atomic E-state index is 12.3. The molecule has 1 aromatic heterocycles. The minimum Gasteiger partial charge on any atom is -0.505 e. The summed E-state index contributed by atoms with van der Waals surface area (Å²) in [5.41, 5.74) is 0.696. The van der Waals surface area contributed by atoms with Gasteiger partial charge in [-0.3, -0.25) is 9.78 Å². The van der Waals surface area contributed by atoms with Crippen LogP contribution in [0, 0.1) is 0 Å². The Bertz CT molecular complexity index is 905. The molecule has 0 aliphatic carbocycles. The highest BCUT2D eigenvalue weighted by Gasteiger charge is 2.16. The van der Waals surface area contributed by atoms with Crippen LogP contribution in [0.3, 0.4) is 0 Å². The molecule has 7 heteroatoms. The lowest BCUT2D eigenvalue weighted by Gasteiger charge is -2.10. The third-order valence-electron chi connectivity index (χ3n) is 3.27. The van der Waals surface area contributed by atoms with Gasteiger partial charge in [0.2, 0.25) is 0 Å². The first-order valence-corrected chi connectivity index (χ1v) is 7.29. The maximum atomic E-state index is 12.3. The molecule has 1 amide bonds. The lowest BCUT2D eigenvalue weighted by molar-refractivity contribution is 0.102. The molecule has 0 unspecified atom stereocenters. The van der Waals surface area contributed by atoms with Gasteiger partial charge in [-0.15, -0.1) is 0 Å². The van der Waals surface area contributed by atoms with Gasteiger partial charge < -0.3 is 15.5 Å². The minimum absolute atomic E-state index is 0.0113. The Hall–Kier alpha value is -2.50. The molecule has 0 bridgehead atoms. The van der Waals surface area contributed by atoms with Crippen LogP contribution in [0.25, 0.3) is 10.9 Å². The van der Waals surface area contributed by atoms with Crippen LogP contribution < -0.4 is 5.32 Å². The fraction of sp³-hybridized carbons (Fsp3) is 0. The number of fused-ring (bicyclic) bond motifs is 1. The molecule has 0 saturated carbocycles. The molecule has 0 fully saturated rings. The number of anilines is 1. The number of amides is 1. The number of nitrogens with zero attached hydrogens (tertiary/aromatic N) is 1. The number of hydrogen-bond donors (Lipinski definition) is 3. The van der Waals surface area contributed by atoms with Crippen LogP contribution in [0.1, 0.15) is 10.4 Å². The zero-order chi connectivity index (χ0) is 16.6. The van der Waals surface area contributed by atoms with Gasteiger partial charge in [0.25, 0.3) is 5.91 Å². The van der Waals surface area contributed by atoms with E-state index in [-0.39, 0.29) is 27.1 Å².